The minimum absolute atomic E-state index is 0.182. The maximum absolute atomic E-state index is 10.6. The average molecular weight is 138 g/mol. The van der Waals surface area contributed by atoms with Gasteiger partial charge in [-0.1, -0.05) is 24.8 Å². The largest absolute Gasteiger partial charge is 0.291 e. The Morgan fingerprint density at radius 1 is 1.50 bits per heavy atom. The maximum Gasteiger partial charge on any atom is 0.201 e. The van der Waals surface area contributed by atoms with Crippen molar-refractivity contribution in [1.29, 1.82) is 0 Å². The highest BCUT2D eigenvalue weighted by Crippen LogP contribution is 1.87. The second kappa shape index (κ2) is 4.68. The SMILES string of the molecule is C=C/C=C/CC(=O)C(C)=O. The lowest BCUT2D eigenvalue weighted by Crippen LogP contribution is -2.06. The summed E-state index contributed by atoms with van der Waals surface area (Å²) in [4.78, 5) is 20.9. The zero-order valence-corrected chi connectivity index (χ0v) is 5.96. The van der Waals surface area contributed by atoms with Crippen LogP contribution in [0.3, 0.4) is 0 Å². The second-order valence-electron chi connectivity index (χ2n) is 1.85. The number of carbonyl (C=O) groups excluding carboxylic acids is 2. The highest BCUT2D eigenvalue weighted by Gasteiger charge is 2.02. The number of Topliss-reactive ketones (excluding diaryl/α,β-unsaturated/α-hetero) is 2. The van der Waals surface area contributed by atoms with Crippen LogP contribution in [0.2, 0.25) is 0 Å². The second-order valence-corrected chi connectivity index (χ2v) is 1.85. The van der Waals surface area contributed by atoms with Gasteiger partial charge in [-0.15, -0.1) is 0 Å². The van der Waals surface area contributed by atoms with Gasteiger partial charge < -0.3 is 0 Å². The van der Waals surface area contributed by atoms with Crippen molar-refractivity contribution in [2.24, 2.45) is 0 Å². The van der Waals surface area contributed by atoms with Gasteiger partial charge in [0.15, 0.2) is 5.78 Å². The molecule has 0 N–H and O–H groups in total. The Balaban J connectivity index is 3.70. The van der Waals surface area contributed by atoms with E-state index in [1.807, 2.05) is 0 Å². The molecule has 0 unspecified atom stereocenters. The lowest BCUT2D eigenvalue weighted by atomic mass is 10.2. The van der Waals surface area contributed by atoms with Gasteiger partial charge in [0.05, 0.1) is 0 Å². The molecule has 0 atom stereocenters. The van der Waals surface area contributed by atoms with Crippen LogP contribution >= 0.6 is 0 Å². The minimum atomic E-state index is -0.395. The summed E-state index contributed by atoms with van der Waals surface area (Å²) in [5, 5.41) is 0. The topological polar surface area (TPSA) is 34.1 Å². The lowest BCUT2D eigenvalue weighted by Gasteiger charge is -1.85. The molecule has 0 spiro atoms. The molecule has 0 aliphatic carbocycles. The van der Waals surface area contributed by atoms with Crippen LogP contribution in [-0.2, 0) is 9.59 Å². The van der Waals surface area contributed by atoms with E-state index >= 15 is 0 Å². The number of rotatable bonds is 4. The van der Waals surface area contributed by atoms with E-state index < -0.39 is 5.78 Å². The fraction of sp³-hybridized carbons (Fsp3) is 0.250. The van der Waals surface area contributed by atoms with E-state index in [4.69, 9.17) is 0 Å². The van der Waals surface area contributed by atoms with E-state index in [9.17, 15) is 9.59 Å². The first-order valence-electron chi connectivity index (χ1n) is 2.99. The molecule has 2 nitrogen and oxygen atoms in total. The van der Waals surface area contributed by atoms with Gasteiger partial charge in [-0.25, -0.2) is 0 Å². The van der Waals surface area contributed by atoms with Gasteiger partial charge in [-0.05, 0) is 0 Å². The van der Waals surface area contributed by atoms with Crippen molar-refractivity contribution in [2.45, 2.75) is 13.3 Å². The van der Waals surface area contributed by atoms with Crippen molar-refractivity contribution in [3.05, 3.63) is 24.8 Å². The summed E-state index contributed by atoms with van der Waals surface area (Å²) in [7, 11) is 0. The van der Waals surface area contributed by atoms with Crippen molar-refractivity contribution < 1.29 is 9.59 Å². The molecule has 0 saturated heterocycles. The van der Waals surface area contributed by atoms with Crippen LogP contribution in [0.5, 0.6) is 0 Å². The van der Waals surface area contributed by atoms with Crippen LogP contribution in [0.15, 0.2) is 24.8 Å². The molecular formula is C8H10O2. The normalized spacial score (nSPS) is 9.70. The smallest absolute Gasteiger partial charge is 0.201 e. The lowest BCUT2D eigenvalue weighted by molar-refractivity contribution is -0.134. The molecule has 54 valence electrons. The molecule has 0 aliphatic rings. The first-order valence-corrected chi connectivity index (χ1v) is 2.99. The van der Waals surface area contributed by atoms with Crippen LogP contribution in [0.25, 0.3) is 0 Å². The third-order valence-electron chi connectivity index (χ3n) is 0.968. The standard InChI is InChI=1S/C8H10O2/c1-3-4-5-6-8(10)7(2)9/h3-5H,1,6H2,2H3/b5-4+. The van der Waals surface area contributed by atoms with Crippen molar-refractivity contribution >= 4 is 11.6 Å². The van der Waals surface area contributed by atoms with Crippen LogP contribution in [0, 0.1) is 0 Å². The maximum atomic E-state index is 10.6. The molecule has 0 aliphatic heterocycles. The van der Waals surface area contributed by atoms with E-state index in [-0.39, 0.29) is 12.2 Å². The third kappa shape index (κ3) is 3.78. The van der Waals surface area contributed by atoms with Gasteiger partial charge in [0, 0.05) is 13.3 Å². The molecule has 0 bridgehead atoms. The predicted molar refractivity (Wildman–Crippen MR) is 39.6 cm³/mol. The Bertz CT molecular complexity index is 178. The quantitative estimate of drug-likeness (QED) is 0.433. The third-order valence-corrected chi connectivity index (χ3v) is 0.968. The Labute approximate surface area is 60.2 Å². The molecule has 0 aromatic carbocycles. The molecule has 0 radical (unpaired) electrons. The Hall–Kier alpha value is -1.18. The highest BCUT2D eigenvalue weighted by atomic mass is 16.2. The molecule has 0 amide bonds. The molecule has 2 heteroatoms. The first-order chi connectivity index (χ1) is 4.68. The number of ketones is 2. The molecule has 0 heterocycles. The number of carbonyl (C=O) groups is 2. The zero-order chi connectivity index (χ0) is 7.98. The molecule has 0 saturated carbocycles. The van der Waals surface area contributed by atoms with E-state index in [2.05, 4.69) is 6.58 Å². The fourth-order valence-electron chi connectivity index (χ4n) is 0.415. The predicted octanol–water partition coefficient (Wildman–Crippen LogP) is 1.28. The van der Waals surface area contributed by atoms with E-state index in [0.717, 1.165) is 0 Å². The summed E-state index contributed by atoms with van der Waals surface area (Å²) >= 11 is 0. The van der Waals surface area contributed by atoms with Gasteiger partial charge in [-0.3, -0.25) is 9.59 Å². The monoisotopic (exact) mass is 138 g/mol. The number of allylic oxidation sites excluding steroid dienone is 3. The minimum Gasteiger partial charge on any atom is -0.291 e. The van der Waals surface area contributed by atoms with Crippen LogP contribution in [-0.4, -0.2) is 11.6 Å². The summed E-state index contributed by atoms with van der Waals surface area (Å²) in [5.41, 5.74) is 0. The Morgan fingerprint density at radius 3 is 2.50 bits per heavy atom. The van der Waals surface area contributed by atoms with Gasteiger partial charge in [-0.2, -0.15) is 0 Å². The fourth-order valence-corrected chi connectivity index (χ4v) is 0.415. The van der Waals surface area contributed by atoms with Crippen molar-refractivity contribution in [1.82, 2.24) is 0 Å². The van der Waals surface area contributed by atoms with Gasteiger partial charge in [0.2, 0.25) is 5.78 Å². The van der Waals surface area contributed by atoms with E-state index in [1.54, 1.807) is 18.2 Å². The molecular weight excluding hydrogens is 128 g/mol. The van der Waals surface area contributed by atoms with Gasteiger partial charge in [0.1, 0.15) is 0 Å². The zero-order valence-electron chi connectivity index (χ0n) is 5.96. The van der Waals surface area contributed by atoms with Crippen LogP contribution in [0.4, 0.5) is 0 Å². The molecule has 0 aromatic rings. The molecule has 10 heavy (non-hydrogen) atoms. The summed E-state index contributed by atoms with van der Waals surface area (Å²) < 4.78 is 0. The van der Waals surface area contributed by atoms with Crippen LogP contribution in [0.1, 0.15) is 13.3 Å². The summed E-state index contributed by atoms with van der Waals surface area (Å²) in [5.74, 6) is -0.758. The van der Waals surface area contributed by atoms with E-state index in [0.29, 0.717) is 0 Å². The highest BCUT2D eigenvalue weighted by molar-refractivity contribution is 6.36. The van der Waals surface area contributed by atoms with E-state index in [1.165, 1.54) is 6.92 Å². The van der Waals surface area contributed by atoms with Crippen LogP contribution < -0.4 is 0 Å². The molecule has 0 rings (SSSR count). The average Bonchev–Trinajstić information content (AvgIpc) is 1.88. The summed E-state index contributed by atoms with van der Waals surface area (Å²) in [6.07, 6.45) is 4.99. The van der Waals surface area contributed by atoms with Gasteiger partial charge in [0.25, 0.3) is 0 Å². The van der Waals surface area contributed by atoms with Crippen molar-refractivity contribution in [3.63, 3.8) is 0 Å². The van der Waals surface area contributed by atoms with Gasteiger partial charge >= 0.3 is 0 Å². The van der Waals surface area contributed by atoms with Crippen molar-refractivity contribution in [3.8, 4) is 0 Å². The molecule has 0 fully saturated rings. The first kappa shape index (κ1) is 8.82. The Kier molecular flexibility index (Phi) is 4.12. The van der Waals surface area contributed by atoms with Crippen molar-refractivity contribution in [2.75, 3.05) is 0 Å². The molecule has 0 aromatic heterocycles. The summed E-state index contributed by atoms with van der Waals surface area (Å²) in [6, 6.07) is 0. The number of hydrogen-bond acceptors (Lipinski definition) is 2. The number of hydrogen-bond donors (Lipinski definition) is 0. The Morgan fingerprint density at radius 2 is 2.10 bits per heavy atom. The summed E-state index contributed by atoms with van der Waals surface area (Å²) in [6.45, 7) is 4.69.